The van der Waals surface area contributed by atoms with Crippen LogP contribution in [-0.2, 0) is 16.5 Å². The molecule has 0 amide bonds. The molecule has 0 radical (unpaired) electrons. The molecule has 8 nitrogen and oxygen atoms in total. The quantitative estimate of drug-likeness (QED) is 0.372. The first-order valence-corrected chi connectivity index (χ1v) is 10.2. The molecule has 2 fully saturated rings. The second kappa shape index (κ2) is 10.4. The van der Waals surface area contributed by atoms with Crippen LogP contribution in [0.4, 0.5) is 0 Å². The molecule has 166 valence electrons. The van der Waals surface area contributed by atoms with Crippen LogP contribution >= 0.6 is 24.0 Å². The summed E-state index contributed by atoms with van der Waals surface area (Å²) >= 11 is 0. The highest BCUT2D eigenvalue weighted by Gasteiger charge is 2.34. The Morgan fingerprint density at radius 3 is 2.55 bits per heavy atom. The van der Waals surface area contributed by atoms with E-state index in [1.165, 1.54) is 0 Å². The standard InChI is InChI=1S/C20H36N6O2.HI/c1-15-10-26(11-16(2)28-15)20(3,4)14-22-19(21-5)25-7-8-27-18(13-25)17-9-23-24(6)12-17;/h9,12,15-16,18H,7-8,10-11,13-14H2,1-6H3,(H,21,22);1H. The molecule has 0 spiro atoms. The van der Waals surface area contributed by atoms with Gasteiger partial charge >= 0.3 is 0 Å². The van der Waals surface area contributed by atoms with Crippen molar-refractivity contribution in [3.8, 4) is 0 Å². The third-order valence-corrected chi connectivity index (χ3v) is 5.63. The number of aryl methyl sites for hydroxylation is 1. The Balaban J connectivity index is 0.00000300. The van der Waals surface area contributed by atoms with E-state index in [0.717, 1.165) is 44.2 Å². The maximum atomic E-state index is 5.97. The van der Waals surface area contributed by atoms with Crippen LogP contribution in [0.25, 0.3) is 0 Å². The maximum absolute atomic E-state index is 5.97. The van der Waals surface area contributed by atoms with Crippen molar-refractivity contribution < 1.29 is 9.47 Å². The number of guanidine groups is 1. The number of hydrogen-bond acceptors (Lipinski definition) is 5. The summed E-state index contributed by atoms with van der Waals surface area (Å²) in [5, 5.41) is 7.87. The monoisotopic (exact) mass is 520 g/mol. The highest BCUT2D eigenvalue weighted by molar-refractivity contribution is 14.0. The number of aliphatic imine (C=N–C) groups is 1. The summed E-state index contributed by atoms with van der Waals surface area (Å²) < 4.78 is 13.7. The Hall–Kier alpha value is -0.910. The van der Waals surface area contributed by atoms with Gasteiger partial charge in [-0.1, -0.05) is 0 Å². The minimum Gasteiger partial charge on any atom is -0.373 e. The molecule has 3 rings (SSSR count). The van der Waals surface area contributed by atoms with Crippen LogP contribution in [0.5, 0.6) is 0 Å². The zero-order valence-electron chi connectivity index (χ0n) is 18.6. The molecule has 0 saturated carbocycles. The number of rotatable bonds is 4. The van der Waals surface area contributed by atoms with Gasteiger partial charge in [-0.2, -0.15) is 5.10 Å². The normalized spacial score (nSPS) is 26.9. The molecule has 1 aromatic rings. The lowest BCUT2D eigenvalue weighted by Gasteiger charge is -2.45. The summed E-state index contributed by atoms with van der Waals surface area (Å²) in [5.41, 5.74) is 1.12. The predicted molar refractivity (Wildman–Crippen MR) is 126 cm³/mol. The zero-order valence-corrected chi connectivity index (χ0v) is 20.9. The summed E-state index contributed by atoms with van der Waals surface area (Å²) in [4.78, 5) is 9.33. The second-order valence-electron chi connectivity index (χ2n) is 8.63. The smallest absolute Gasteiger partial charge is 0.193 e. The number of nitrogens with one attached hydrogen (secondary N) is 1. The number of morpholine rings is 2. The highest BCUT2D eigenvalue weighted by atomic mass is 127. The van der Waals surface area contributed by atoms with Crippen molar-refractivity contribution in [1.82, 2.24) is 24.9 Å². The lowest BCUT2D eigenvalue weighted by Crippen LogP contribution is -2.60. The summed E-state index contributed by atoms with van der Waals surface area (Å²) in [6, 6.07) is 0. The fraction of sp³-hybridized carbons (Fsp3) is 0.800. The average molecular weight is 520 g/mol. The Morgan fingerprint density at radius 1 is 1.28 bits per heavy atom. The Bertz CT molecular complexity index is 670. The molecule has 2 saturated heterocycles. The van der Waals surface area contributed by atoms with Crippen LogP contribution < -0.4 is 5.32 Å². The van der Waals surface area contributed by atoms with Crippen LogP contribution in [0.2, 0.25) is 0 Å². The molecule has 29 heavy (non-hydrogen) atoms. The topological polar surface area (TPSA) is 67.2 Å². The Labute approximate surface area is 192 Å². The number of ether oxygens (including phenoxy) is 2. The van der Waals surface area contributed by atoms with Crippen molar-refractivity contribution in [2.45, 2.75) is 51.5 Å². The van der Waals surface area contributed by atoms with Gasteiger partial charge in [0.25, 0.3) is 0 Å². The van der Waals surface area contributed by atoms with Gasteiger partial charge in [-0.15, -0.1) is 24.0 Å². The third kappa shape index (κ3) is 6.28. The van der Waals surface area contributed by atoms with Crippen molar-refractivity contribution in [1.29, 1.82) is 0 Å². The van der Waals surface area contributed by atoms with Crippen molar-refractivity contribution >= 4 is 29.9 Å². The van der Waals surface area contributed by atoms with E-state index in [2.05, 4.69) is 52.9 Å². The highest BCUT2D eigenvalue weighted by Crippen LogP contribution is 2.23. The van der Waals surface area contributed by atoms with Gasteiger partial charge in [-0.3, -0.25) is 14.6 Å². The van der Waals surface area contributed by atoms with Gasteiger partial charge in [0.1, 0.15) is 6.10 Å². The zero-order chi connectivity index (χ0) is 20.3. The largest absolute Gasteiger partial charge is 0.373 e. The molecule has 0 aromatic carbocycles. The molecule has 1 N–H and O–H groups in total. The molecule has 2 aliphatic rings. The molecule has 3 heterocycles. The lowest BCUT2D eigenvalue weighted by molar-refractivity contribution is -0.0947. The van der Waals surface area contributed by atoms with Crippen molar-refractivity contribution in [3.63, 3.8) is 0 Å². The summed E-state index contributed by atoms with van der Waals surface area (Å²) in [6.07, 6.45) is 4.46. The molecule has 0 bridgehead atoms. The van der Waals surface area contributed by atoms with Crippen molar-refractivity contribution in [2.24, 2.45) is 12.0 Å². The van der Waals surface area contributed by atoms with E-state index in [1.54, 1.807) is 0 Å². The molecule has 9 heteroatoms. The number of hydrogen-bond donors (Lipinski definition) is 1. The number of halogens is 1. The van der Waals surface area contributed by atoms with Crippen LogP contribution in [0.1, 0.15) is 39.4 Å². The molecule has 2 aliphatic heterocycles. The van der Waals surface area contributed by atoms with Gasteiger partial charge in [0, 0.05) is 57.6 Å². The number of nitrogens with zero attached hydrogens (tertiary/aromatic N) is 5. The van der Waals surface area contributed by atoms with E-state index < -0.39 is 0 Å². The minimum absolute atomic E-state index is 0. The van der Waals surface area contributed by atoms with E-state index >= 15 is 0 Å². The maximum Gasteiger partial charge on any atom is 0.193 e. The molecule has 3 unspecified atom stereocenters. The van der Waals surface area contributed by atoms with Gasteiger partial charge in [-0.25, -0.2) is 0 Å². The second-order valence-corrected chi connectivity index (χ2v) is 8.63. The molecular weight excluding hydrogens is 483 g/mol. The molecule has 3 atom stereocenters. The minimum atomic E-state index is 0. The van der Waals surface area contributed by atoms with Gasteiger partial charge < -0.3 is 19.7 Å². The van der Waals surface area contributed by atoms with Crippen LogP contribution in [-0.4, -0.2) is 89.7 Å². The van der Waals surface area contributed by atoms with Gasteiger partial charge in [-0.05, 0) is 27.7 Å². The van der Waals surface area contributed by atoms with Crippen LogP contribution in [0.15, 0.2) is 17.4 Å². The first-order valence-electron chi connectivity index (χ1n) is 10.2. The summed E-state index contributed by atoms with van der Waals surface area (Å²) in [6.45, 7) is 13.9. The van der Waals surface area contributed by atoms with Crippen LogP contribution in [0, 0.1) is 0 Å². The Morgan fingerprint density at radius 2 is 1.97 bits per heavy atom. The number of aromatic nitrogens is 2. The molecule has 1 aromatic heterocycles. The van der Waals surface area contributed by atoms with Crippen molar-refractivity contribution in [3.05, 3.63) is 18.0 Å². The van der Waals surface area contributed by atoms with Gasteiger partial charge in [0.2, 0.25) is 0 Å². The van der Waals surface area contributed by atoms with Crippen LogP contribution in [0.3, 0.4) is 0 Å². The first kappa shape index (κ1) is 24.4. The van der Waals surface area contributed by atoms with E-state index in [4.69, 9.17) is 9.47 Å². The third-order valence-electron chi connectivity index (χ3n) is 5.63. The Kier molecular flexibility index (Phi) is 8.74. The molecular formula is C20H37IN6O2. The summed E-state index contributed by atoms with van der Waals surface area (Å²) in [7, 11) is 3.78. The lowest BCUT2D eigenvalue weighted by atomic mass is 10.00. The first-order chi connectivity index (χ1) is 13.3. The predicted octanol–water partition coefficient (Wildman–Crippen LogP) is 1.87. The van der Waals surface area contributed by atoms with Gasteiger partial charge in [0.15, 0.2) is 5.96 Å². The average Bonchev–Trinajstić information content (AvgIpc) is 3.08. The van der Waals surface area contributed by atoms with E-state index in [9.17, 15) is 0 Å². The molecule has 0 aliphatic carbocycles. The SMILES string of the molecule is CN=C(NCC(C)(C)N1CC(C)OC(C)C1)N1CCOC(c2cnn(C)c2)C1.I. The van der Waals surface area contributed by atoms with Crippen molar-refractivity contribution in [2.75, 3.05) is 46.4 Å². The van der Waals surface area contributed by atoms with Gasteiger partial charge in [0.05, 0.1) is 31.6 Å². The fourth-order valence-electron chi connectivity index (χ4n) is 4.06. The van der Waals surface area contributed by atoms with E-state index in [-0.39, 0.29) is 47.8 Å². The summed E-state index contributed by atoms with van der Waals surface area (Å²) in [5.74, 6) is 0.930. The van der Waals surface area contributed by atoms with E-state index in [1.807, 2.05) is 31.2 Å². The van der Waals surface area contributed by atoms with E-state index in [0.29, 0.717) is 6.61 Å². The fourth-order valence-corrected chi connectivity index (χ4v) is 4.06.